The van der Waals surface area contributed by atoms with Gasteiger partial charge < -0.3 is 14.2 Å². The van der Waals surface area contributed by atoms with E-state index >= 15 is 0 Å². The highest BCUT2D eigenvalue weighted by atomic mass is 16.5. The molecule has 2 aliphatic rings. The van der Waals surface area contributed by atoms with Crippen LogP contribution in [0.5, 0.6) is 0 Å². The van der Waals surface area contributed by atoms with Crippen molar-refractivity contribution in [2.24, 2.45) is 0 Å². The molecule has 2 saturated heterocycles. The lowest BCUT2D eigenvalue weighted by Gasteiger charge is -2.36. The molecular weight excluding hydrogens is 306 g/mol. The Balaban J connectivity index is 1.44. The highest BCUT2D eigenvalue weighted by molar-refractivity contribution is 5.69. The third-order valence-corrected chi connectivity index (χ3v) is 4.70. The molecule has 128 valence electrons. The fourth-order valence-corrected chi connectivity index (χ4v) is 3.44. The Kier molecular flexibility index (Phi) is 4.44. The molecule has 2 fully saturated rings. The van der Waals surface area contributed by atoms with Gasteiger partial charge in [0.25, 0.3) is 5.89 Å². The van der Waals surface area contributed by atoms with Gasteiger partial charge >= 0.3 is 0 Å². The molecule has 0 unspecified atom stereocenters. The number of piperazine rings is 1. The van der Waals surface area contributed by atoms with Crippen LogP contribution in [0.3, 0.4) is 0 Å². The van der Waals surface area contributed by atoms with E-state index in [0.29, 0.717) is 17.8 Å². The van der Waals surface area contributed by atoms with E-state index in [-0.39, 0.29) is 0 Å². The number of pyridine rings is 1. The lowest BCUT2D eigenvalue weighted by Crippen LogP contribution is -2.48. The van der Waals surface area contributed by atoms with Gasteiger partial charge in [-0.2, -0.15) is 4.98 Å². The summed E-state index contributed by atoms with van der Waals surface area (Å²) < 4.78 is 11.1. The van der Waals surface area contributed by atoms with E-state index in [1.807, 2.05) is 25.3 Å². The molecule has 0 saturated carbocycles. The smallest absolute Gasteiger partial charge is 0.261 e. The quantitative estimate of drug-likeness (QED) is 0.846. The zero-order valence-corrected chi connectivity index (χ0v) is 14.0. The van der Waals surface area contributed by atoms with Crippen molar-refractivity contribution in [3.05, 3.63) is 24.2 Å². The Morgan fingerprint density at radius 1 is 1.25 bits per heavy atom. The van der Waals surface area contributed by atoms with Crippen molar-refractivity contribution in [3.8, 4) is 11.5 Å². The summed E-state index contributed by atoms with van der Waals surface area (Å²) in [6, 6.07) is 3.90. The minimum atomic E-state index is 0.420. The van der Waals surface area contributed by atoms with Crippen molar-refractivity contribution < 1.29 is 9.26 Å². The minimum Gasteiger partial charge on any atom is -0.377 e. The van der Waals surface area contributed by atoms with Gasteiger partial charge in [-0.05, 0) is 31.9 Å². The van der Waals surface area contributed by atoms with E-state index < -0.39 is 0 Å². The van der Waals surface area contributed by atoms with E-state index in [4.69, 9.17) is 9.26 Å². The normalized spacial score (nSPS) is 22.2. The molecule has 7 heteroatoms. The number of ether oxygens (including phenoxy) is 1. The SMILES string of the molecule is Cc1noc(-c2cccnc2N2CCN(C[C@@H]3CCCO3)CC2)n1. The van der Waals surface area contributed by atoms with Crippen LogP contribution in [0.25, 0.3) is 11.5 Å². The molecule has 0 radical (unpaired) electrons. The molecular formula is C17H23N5O2. The summed E-state index contributed by atoms with van der Waals surface area (Å²) in [7, 11) is 0. The molecule has 0 bridgehead atoms. The van der Waals surface area contributed by atoms with Gasteiger partial charge in [0.05, 0.1) is 11.7 Å². The van der Waals surface area contributed by atoms with E-state index in [1.165, 1.54) is 12.8 Å². The summed E-state index contributed by atoms with van der Waals surface area (Å²) in [5.74, 6) is 2.11. The maximum Gasteiger partial charge on any atom is 0.261 e. The minimum absolute atomic E-state index is 0.420. The lowest BCUT2D eigenvalue weighted by atomic mass is 10.2. The number of hydrogen-bond donors (Lipinski definition) is 0. The second kappa shape index (κ2) is 6.86. The third-order valence-electron chi connectivity index (χ3n) is 4.70. The highest BCUT2D eigenvalue weighted by Crippen LogP contribution is 2.28. The number of rotatable bonds is 4. The zero-order chi connectivity index (χ0) is 16.4. The van der Waals surface area contributed by atoms with Crippen molar-refractivity contribution in [3.63, 3.8) is 0 Å². The molecule has 4 heterocycles. The molecule has 7 nitrogen and oxygen atoms in total. The van der Waals surface area contributed by atoms with Crippen LogP contribution in [0, 0.1) is 6.92 Å². The van der Waals surface area contributed by atoms with Crippen LogP contribution in [0.4, 0.5) is 5.82 Å². The van der Waals surface area contributed by atoms with Gasteiger partial charge in [-0.25, -0.2) is 4.98 Å². The molecule has 0 N–H and O–H groups in total. The molecule has 0 spiro atoms. The summed E-state index contributed by atoms with van der Waals surface area (Å²) in [5, 5.41) is 3.89. The van der Waals surface area contributed by atoms with E-state index in [2.05, 4.69) is 24.9 Å². The molecule has 1 atom stereocenters. The van der Waals surface area contributed by atoms with Gasteiger partial charge in [0.2, 0.25) is 0 Å². The van der Waals surface area contributed by atoms with Gasteiger partial charge in [-0.15, -0.1) is 0 Å². The maximum atomic E-state index is 5.75. The van der Waals surface area contributed by atoms with Crippen LogP contribution in [-0.4, -0.2) is 65.5 Å². The van der Waals surface area contributed by atoms with Crippen molar-refractivity contribution in [1.82, 2.24) is 20.0 Å². The summed E-state index contributed by atoms with van der Waals surface area (Å²) in [5.41, 5.74) is 0.908. The third kappa shape index (κ3) is 3.27. The van der Waals surface area contributed by atoms with Gasteiger partial charge in [0.15, 0.2) is 5.82 Å². The number of aromatic nitrogens is 3. The average molecular weight is 329 g/mol. The van der Waals surface area contributed by atoms with Crippen molar-refractivity contribution in [1.29, 1.82) is 0 Å². The van der Waals surface area contributed by atoms with Gasteiger partial charge in [0.1, 0.15) is 5.82 Å². The van der Waals surface area contributed by atoms with Crippen molar-refractivity contribution >= 4 is 5.82 Å². The predicted octanol–water partition coefficient (Wildman–Crippen LogP) is 1.74. The molecule has 0 aromatic carbocycles. The number of aryl methyl sites for hydroxylation is 1. The largest absolute Gasteiger partial charge is 0.377 e. The Labute approximate surface area is 141 Å². The van der Waals surface area contributed by atoms with E-state index in [1.54, 1.807) is 0 Å². The van der Waals surface area contributed by atoms with E-state index in [9.17, 15) is 0 Å². The van der Waals surface area contributed by atoms with Crippen LogP contribution in [0.15, 0.2) is 22.9 Å². The molecule has 2 aliphatic heterocycles. The predicted molar refractivity (Wildman–Crippen MR) is 89.9 cm³/mol. The standard InChI is InChI=1S/C17H23N5O2/c1-13-19-17(24-20-13)15-5-2-6-18-16(15)22-9-7-21(8-10-22)12-14-4-3-11-23-14/h2,5-6,14H,3-4,7-12H2,1H3/t14-/m0/s1. The first kappa shape index (κ1) is 15.5. The average Bonchev–Trinajstić information content (AvgIpc) is 3.27. The Bertz CT molecular complexity index is 675. The second-order valence-electron chi connectivity index (χ2n) is 6.44. The molecule has 4 rings (SSSR count). The summed E-state index contributed by atoms with van der Waals surface area (Å²) in [4.78, 5) is 13.7. The Hall–Kier alpha value is -1.99. The first-order chi connectivity index (χ1) is 11.8. The molecule has 2 aromatic rings. The van der Waals surface area contributed by atoms with Crippen LogP contribution < -0.4 is 4.90 Å². The fourth-order valence-electron chi connectivity index (χ4n) is 3.44. The molecule has 0 aliphatic carbocycles. The van der Waals surface area contributed by atoms with Gasteiger partial charge in [-0.3, -0.25) is 4.90 Å². The summed E-state index contributed by atoms with van der Waals surface area (Å²) in [6.45, 7) is 7.75. The molecule has 2 aromatic heterocycles. The van der Waals surface area contributed by atoms with Crippen molar-refractivity contribution in [2.75, 3.05) is 44.2 Å². The number of anilines is 1. The van der Waals surface area contributed by atoms with Crippen LogP contribution in [0.2, 0.25) is 0 Å². The second-order valence-corrected chi connectivity index (χ2v) is 6.44. The van der Waals surface area contributed by atoms with Crippen LogP contribution in [-0.2, 0) is 4.74 Å². The summed E-state index contributed by atoms with van der Waals surface area (Å²) in [6.07, 6.45) is 4.64. The Morgan fingerprint density at radius 3 is 2.83 bits per heavy atom. The lowest BCUT2D eigenvalue weighted by molar-refractivity contribution is 0.0712. The van der Waals surface area contributed by atoms with Gasteiger partial charge in [0, 0.05) is 45.5 Å². The molecule has 0 amide bonds. The van der Waals surface area contributed by atoms with Crippen LogP contribution >= 0.6 is 0 Å². The number of hydrogen-bond acceptors (Lipinski definition) is 7. The fraction of sp³-hybridized carbons (Fsp3) is 0.588. The highest BCUT2D eigenvalue weighted by Gasteiger charge is 2.25. The number of nitrogens with zero attached hydrogens (tertiary/aromatic N) is 5. The first-order valence-electron chi connectivity index (χ1n) is 8.64. The summed E-state index contributed by atoms with van der Waals surface area (Å²) >= 11 is 0. The maximum absolute atomic E-state index is 5.75. The van der Waals surface area contributed by atoms with Gasteiger partial charge in [-0.1, -0.05) is 5.16 Å². The zero-order valence-electron chi connectivity index (χ0n) is 14.0. The topological polar surface area (TPSA) is 67.5 Å². The van der Waals surface area contributed by atoms with Crippen LogP contribution in [0.1, 0.15) is 18.7 Å². The Morgan fingerprint density at radius 2 is 2.12 bits per heavy atom. The molecule has 24 heavy (non-hydrogen) atoms. The van der Waals surface area contributed by atoms with E-state index in [0.717, 1.165) is 50.7 Å². The monoisotopic (exact) mass is 329 g/mol. The van der Waals surface area contributed by atoms with Crippen molar-refractivity contribution in [2.45, 2.75) is 25.9 Å². The first-order valence-corrected chi connectivity index (χ1v) is 8.64.